The summed E-state index contributed by atoms with van der Waals surface area (Å²) in [5.74, 6) is 1.75. The van der Waals surface area contributed by atoms with Gasteiger partial charge in [-0.2, -0.15) is 0 Å². The number of allylic oxidation sites excluding steroid dienone is 1. The van der Waals surface area contributed by atoms with Crippen molar-refractivity contribution in [2.24, 2.45) is 0 Å². The van der Waals surface area contributed by atoms with Crippen molar-refractivity contribution in [3.63, 3.8) is 0 Å². The molecule has 0 amide bonds. The molecule has 1 N–H and O–H groups in total. The molecule has 1 aliphatic heterocycles. The van der Waals surface area contributed by atoms with E-state index in [2.05, 4.69) is 30.4 Å². The monoisotopic (exact) mass is 273 g/mol. The van der Waals surface area contributed by atoms with Gasteiger partial charge in [0.05, 0.1) is 13.2 Å². The maximum Gasteiger partial charge on any atom is 0.161 e. The van der Waals surface area contributed by atoms with E-state index in [-0.39, 0.29) is 0 Å². The molecule has 0 radical (unpaired) electrons. The number of nitrogens with one attached hydrogen (secondary N) is 1. The Bertz CT molecular complexity index is 492. The highest BCUT2D eigenvalue weighted by atomic mass is 16.5. The fourth-order valence-electron chi connectivity index (χ4n) is 2.39. The molecule has 1 fully saturated rings. The average Bonchev–Trinajstić information content (AvgIpc) is 3.29. The third kappa shape index (κ3) is 3.54. The van der Waals surface area contributed by atoms with Crippen LogP contribution in [-0.2, 0) is 0 Å². The zero-order valence-corrected chi connectivity index (χ0v) is 12.2. The third-order valence-electron chi connectivity index (χ3n) is 3.81. The fraction of sp³-hybridized carbons (Fsp3) is 0.529. The molecule has 108 valence electrons. The van der Waals surface area contributed by atoms with Crippen LogP contribution in [-0.4, -0.2) is 25.8 Å². The number of hydrogen-bond donors (Lipinski definition) is 1. The van der Waals surface area contributed by atoms with Gasteiger partial charge >= 0.3 is 0 Å². The number of rotatable bonds is 5. The first kappa shape index (κ1) is 13.5. The molecule has 1 saturated carbocycles. The molecular weight excluding hydrogens is 250 g/mol. The van der Waals surface area contributed by atoms with Gasteiger partial charge in [0, 0.05) is 12.5 Å². The van der Waals surface area contributed by atoms with Crippen LogP contribution in [0.2, 0.25) is 0 Å². The Balaban J connectivity index is 1.62. The lowest BCUT2D eigenvalue weighted by atomic mass is 10.1. The molecule has 0 bridgehead atoms. The fourth-order valence-corrected chi connectivity index (χ4v) is 2.39. The van der Waals surface area contributed by atoms with Crippen LogP contribution in [0.1, 0.15) is 38.2 Å². The van der Waals surface area contributed by atoms with Crippen LogP contribution in [0.15, 0.2) is 24.3 Å². The molecule has 0 unspecified atom stereocenters. The molecule has 3 nitrogen and oxygen atoms in total. The van der Waals surface area contributed by atoms with E-state index in [1.54, 1.807) is 0 Å². The molecule has 0 atom stereocenters. The quantitative estimate of drug-likeness (QED) is 0.834. The summed E-state index contributed by atoms with van der Waals surface area (Å²) in [5, 5.41) is 3.53. The van der Waals surface area contributed by atoms with Gasteiger partial charge in [0.25, 0.3) is 0 Å². The third-order valence-corrected chi connectivity index (χ3v) is 3.81. The standard InChI is InChI=1S/C17H23NO2/c1-13(4-2-9-18-15-6-7-15)14-5-8-16-17(12-14)20-11-3-10-19-16/h4-5,8,12,15,18H,2-3,6-7,9-11H2,1H3. The van der Waals surface area contributed by atoms with Crippen LogP contribution in [0.4, 0.5) is 0 Å². The Morgan fingerprint density at radius 1 is 1.25 bits per heavy atom. The minimum Gasteiger partial charge on any atom is -0.490 e. The van der Waals surface area contributed by atoms with Crippen LogP contribution >= 0.6 is 0 Å². The molecule has 0 aromatic heterocycles. The first-order valence-corrected chi connectivity index (χ1v) is 7.63. The van der Waals surface area contributed by atoms with Gasteiger partial charge in [-0.3, -0.25) is 0 Å². The Labute approximate surface area is 121 Å². The van der Waals surface area contributed by atoms with E-state index < -0.39 is 0 Å². The molecule has 1 aliphatic carbocycles. The minimum atomic E-state index is 0.741. The summed E-state index contributed by atoms with van der Waals surface area (Å²) in [7, 11) is 0. The Hall–Kier alpha value is -1.48. The lowest BCUT2D eigenvalue weighted by Gasteiger charge is -2.10. The largest absolute Gasteiger partial charge is 0.490 e. The SMILES string of the molecule is CC(=CCCNC1CC1)c1ccc2c(c1)OCCCO2. The molecule has 1 aromatic rings. The van der Waals surface area contributed by atoms with Crippen molar-refractivity contribution >= 4 is 5.57 Å². The average molecular weight is 273 g/mol. The maximum absolute atomic E-state index is 5.74. The van der Waals surface area contributed by atoms with Gasteiger partial charge in [-0.15, -0.1) is 0 Å². The maximum atomic E-state index is 5.74. The van der Waals surface area contributed by atoms with Crippen molar-refractivity contribution in [2.45, 2.75) is 38.6 Å². The van der Waals surface area contributed by atoms with Crippen LogP contribution in [0.3, 0.4) is 0 Å². The summed E-state index contributed by atoms with van der Waals surface area (Å²) in [6.45, 7) is 4.72. The van der Waals surface area contributed by atoms with Gasteiger partial charge in [0.1, 0.15) is 0 Å². The molecule has 3 heteroatoms. The van der Waals surface area contributed by atoms with Gasteiger partial charge in [0.2, 0.25) is 0 Å². The molecule has 2 aliphatic rings. The van der Waals surface area contributed by atoms with Crippen LogP contribution < -0.4 is 14.8 Å². The Kier molecular flexibility index (Phi) is 4.26. The van der Waals surface area contributed by atoms with Crippen LogP contribution in [0.25, 0.3) is 5.57 Å². The van der Waals surface area contributed by atoms with Gasteiger partial charge < -0.3 is 14.8 Å². The molecule has 0 spiro atoms. The van der Waals surface area contributed by atoms with Crippen molar-refractivity contribution in [1.29, 1.82) is 0 Å². The number of benzene rings is 1. The topological polar surface area (TPSA) is 30.5 Å². The Morgan fingerprint density at radius 2 is 2.05 bits per heavy atom. The molecule has 1 heterocycles. The molecule has 1 aromatic carbocycles. The summed E-state index contributed by atoms with van der Waals surface area (Å²) in [6, 6.07) is 7.03. The van der Waals surface area contributed by atoms with E-state index in [0.717, 1.165) is 50.1 Å². The first-order valence-electron chi connectivity index (χ1n) is 7.63. The van der Waals surface area contributed by atoms with Gasteiger partial charge in [0.15, 0.2) is 11.5 Å². The van der Waals surface area contributed by atoms with Crippen molar-refractivity contribution in [1.82, 2.24) is 5.32 Å². The number of fused-ring (bicyclic) bond motifs is 1. The summed E-state index contributed by atoms with van der Waals surface area (Å²) in [5.41, 5.74) is 2.53. The van der Waals surface area contributed by atoms with Crippen LogP contribution in [0.5, 0.6) is 11.5 Å². The summed E-state index contributed by atoms with van der Waals surface area (Å²) >= 11 is 0. The smallest absolute Gasteiger partial charge is 0.161 e. The van der Waals surface area contributed by atoms with Crippen molar-refractivity contribution < 1.29 is 9.47 Å². The Morgan fingerprint density at radius 3 is 2.85 bits per heavy atom. The van der Waals surface area contributed by atoms with Crippen molar-refractivity contribution in [3.8, 4) is 11.5 Å². The van der Waals surface area contributed by atoms with Gasteiger partial charge in [-0.25, -0.2) is 0 Å². The second kappa shape index (κ2) is 6.31. The second-order valence-electron chi connectivity index (χ2n) is 5.62. The molecule has 0 saturated heterocycles. The number of hydrogen-bond acceptors (Lipinski definition) is 3. The second-order valence-corrected chi connectivity index (χ2v) is 5.62. The van der Waals surface area contributed by atoms with E-state index in [1.807, 2.05) is 6.07 Å². The lowest BCUT2D eigenvalue weighted by molar-refractivity contribution is 0.297. The highest BCUT2D eigenvalue weighted by Crippen LogP contribution is 2.32. The summed E-state index contributed by atoms with van der Waals surface area (Å²) in [6.07, 6.45) is 7.03. The van der Waals surface area contributed by atoms with Gasteiger partial charge in [-0.05, 0) is 56.0 Å². The molecular formula is C17H23NO2. The van der Waals surface area contributed by atoms with Crippen molar-refractivity contribution in [2.75, 3.05) is 19.8 Å². The van der Waals surface area contributed by atoms with Crippen LogP contribution in [0, 0.1) is 0 Å². The first-order chi connectivity index (χ1) is 9.83. The highest BCUT2D eigenvalue weighted by Gasteiger charge is 2.19. The van der Waals surface area contributed by atoms with E-state index in [1.165, 1.54) is 24.0 Å². The normalized spacial score (nSPS) is 18.8. The zero-order chi connectivity index (χ0) is 13.8. The highest BCUT2D eigenvalue weighted by molar-refractivity contribution is 5.66. The minimum absolute atomic E-state index is 0.741. The van der Waals surface area contributed by atoms with Gasteiger partial charge in [-0.1, -0.05) is 12.1 Å². The molecule has 3 rings (SSSR count). The molecule has 20 heavy (non-hydrogen) atoms. The van der Waals surface area contributed by atoms with E-state index in [9.17, 15) is 0 Å². The summed E-state index contributed by atoms with van der Waals surface area (Å²) < 4.78 is 11.4. The predicted octanol–water partition coefficient (Wildman–Crippen LogP) is 3.39. The van der Waals surface area contributed by atoms with Crippen molar-refractivity contribution in [3.05, 3.63) is 29.8 Å². The predicted molar refractivity (Wildman–Crippen MR) is 81.3 cm³/mol. The zero-order valence-electron chi connectivity index (χ0n) is 12.2. The van der Waals surface area contributed by atoms with E-state index in [4.69, 9.17) is 9.47 Å². The van der Waals surface area contributed by atoms with E-state index in [0.29, 0.717) is 0 Å². The number of ether oxygens (including phenoxy) is 2. The van der Waals surface area contributed by atoms with E-state index >= 15 is 0 Å². The lowest BCUT2D eigenvalue weighted by Crippen LogP contribution is -2.16. The summed E-state index contributed by atoms with van der Waals surface area (Å²) in [4.78, 5) is 0.